The van der Waals surface area contributed by atoms with Crippen LogP contribution in [0.5, 0.6) is 0 Å². The summed E-state index contributed by atoms with van der Waals surface area (Å²) in [6.07, 6.45) is 1.65. The maximum Gasteiger partial charge on any atom is 0.264 e. The van der Waals surface area contributed by atoms with Gasteiger partial charge in [0.15, 0.2) is 0 Å². The number of amides is 1. The number of aryl methyl sites for hydroxylation is 4. The van der Waals surface area contributed by atoms with E-state index in [1.807, 2.05) is 38.1 Å². The molecule has 3 aromatic rings. The van der Waals surface area contributed by atoms with Gasteiger partial charge in [0, 0.05) is 25.1 Å². The van der Waals surface area contributed by atoms with Gasteiger partial charge in [-0.1, -0.05) is 24.3 Å². The lowest BCUT2D eigenvalue weighted by molar-refractivity contribution is -0.121. The van der Waals surface area contributed by atoms with Gasteiger partial charge in [0.05, 0.1) is 0 Å². The average molecular weight is 339 g/mol. The SMILES string of the molecule is Cc1ccccc1CNC(=O)CCn1cnc2oc(C)c(C)c2c1=O. The van der Waals surface area contributed by atoms with Crippen molar-refractivity contribution in [3.63, 3.8) is 0 Å². The first-order chi connectivity index (χ1) is 12.0. The van der Waals surface area contributed by atoms with Crippen molar-refractivity contribution in [2.75, 3.05) is 0 Å². The van der Waals surface area contributed by atoms with E-state index in [-0.39, 0.29) is 24.4 Å². The lowest BCUT2D eigenvalue weighted by atomic mass is 10.1. The minimum Gasteiger partial charge on any atom is -0.443 e. The van der Waals surface area contributed by atoms with Gasteiger partial charge in [0.2, 0.25) is 11.6 Å². The summed E-state index contributed by atoms with van der Waals surface area (Å²) < 4.78 is 6.91. The molecule has 25 heavy (non-hydrogen) atoms. The quantitative estimate of drug-likeness (QED) is 0.775. The predicted molar refractivity (Wildman–Crippen MR) is 95.4 cm³/mol. The minimum atomic E-state index is -0.175. The van der Waals surface area contributed by atoms with Crippen molar-refractivity contribution < 1.29 is 9.21 Å². The molecule has 1 N–H and O–H groups in total. The molecule has 0 unspecified atom stereocenters. The lowest BCUT2D eigenvalue weighted by Crippen LogP contribution is -2.27. The Morgan fingerprint density at radius 2 is 2.00 bits per heavy atom. The van der Waals surface area contributed by atoms with Crippen LogP contribution in [0.15, 0.2) is 39.8 Å². The Kier molecular flexibility index (Phi) is 4.70. The van der Waals surface area contributed by atoms with Gasteiger partial charge in [-0.25, -0.2) is 4.98 Å². The van der Waals surface area contributed by atoms with Crippen LogP contribution in [0.4, 0.5) is 0 Å². The number of nitrogens with one attached hydrogen (secondary N) is 1. The maximum atomic E-state index is 12.5. The molecule has 0 radical (unpaired) electrons. The molecule has 3 rings (SSSR count). The molecule has 0 saturated carbocycles. The van der Waals surface area contributed by atoms with Gasteiger partial charge < -0.3 is 9.73 Å². The van der Waals surface area contributed by atoms with Crippen molar-refractivity contribution in [2.45, 2.75) is 40.3 Å². The first kappa shape index (κ1) is 17.0. The molecule has 6 heteroatoms. The van der Waals surface area contributed by atoms with E-state index in [0.29, 0.717) is 23.4 Å². The third-order valence-corrected chi connectivity index (χ3v) is 4.47. The molecule has 0 bridgehead atoms. The molecular formula is C19H21N3O3. The number of carbonyl (C=O) groups is 1. The molecule has 0 aliphatic carbocycles. The second kappa shape index (κ2) is 6.93. The summed E-state index contributed by atoms with van der Waals surface area (Å²) in [4.78, 5) is 28.8. The Hall–Kier alpha value is -2.89. The van der Waals surface area contributed by atoms with Crippen LogP contribution in [0.1, 0.15) is 28.9 Å². The van der Waals surface area contributed by atoms with Gasteiger partial charge in [-0.05, 0) is 31.9 Å². The van der Waals surface area contributed by atoms with Crippen LogP contribution in [0, 0.1) is 20.8 Å². The number of nitrogens with zero attached hydrogens (tertiary/aromatic N) is 2. The van der Waals surface area contributed by atoms with E-state index in [0.717, 1.165) is 16.7 Å². The van der Waals surface area contributed by atoms with Crippen molar-refractivity contribution in [2.24, 2.45) is 0 Å². The summed E-state index contributed by atoms with van der Waals surface area (Å²) in [5.41, 5.74) is 3.19. The number of furan rings is 1. The van der Waals surface area contributed by atoms with Crippen molar-refractivity contribution in [1.29, 1.82) is 0 Å². The zero-order valence-electron chi connectivity index (χ0n) is 14.6. The van der Waals surface area contributed by atoms with Crippen LogP contribution < -0.4 is 10.9 Å². The number of rotatable bonds is 5. The largest absolute Gasteiger partial charge is 0.443 e. The topological polar surface area (TPSA) is 77.1 Å². The molecular weight excluding hydrogens is 318 g/mol. The Morgan fingerprint density at radius 3 is 2.76 bits per heavy atom. The number of carbonyl (C=O) groups excluding carboxylic acids is 1. The standard InChI is InChI=1S/C19H21N3O3/c1-12-6-4-5-7-15(12)10-20-16(23)8-9-22-11-21-18-17(19(22)24)13(2)14(3)25-18/h4-7,11H,8-10H2,1-3H3,(H,20,23). The van der Waals surface area contributed by atoms with Crippen molar-refractivity contribution in [1.82, 2.24) is 14.9 Å². The van der Waals surface area contributed by atoms with E-state index in [1.54, 1.807) is 6.92 Å². The smallest absolute Gasteiger partial charge is 0.264 e. The monoisotopic (exact) mass is 339 g/mol. The Bertz CT molecular complexity index is 985. The molecule has 0 aliphatic heterocycles. The molecule has 0 saturated heterocycles. The highest BCUT2D eigenvalue weighted by atomic mass is 16.3. The lowest BCUT2D eigenvalue weighted by Gasteiger charge is -2.08. The third-order valence-electron chi connectivity index (χ3n) is 4.47. The van der Waals surface area contributed by atoms with Gasteiger partial charge in [-0.3, -0.25) is 14.2 Å². The fraction of sp³-hybridized carbons (Fsp3) is 0.316. The molecule has 2 aromatic heterocycles. The molecule has 2 heterocycles. The highest BCUT2D eigenvalue weighted by Crippen LogP contribution is 2.19. The maximum absolute atomic E-state index is 12.5. The van der Waals surface area contributed by atoms with E-state index < -0.39 is 0 Å². The van der Waals surface area contributed by atoms with Crippen LogP contribution in [0.2, 0.25) is 0 Å². The van der Waals surface area contributed by atoms with E-state index >= 15 is 0 Å². The summed E-state index contributed by atoms with van der Waals surface area (Å²) in [5.74, 6) is 0.587. The van der Waals surface area contributed by atoms with Crippen LogP contribution in [-0.2, 0) is 17.9 Å². The van der Waals surface area contributed by atoms with E-state index in [4.69, 9.17) is 4.42 Å². The molecule has 6 nitrogen and oxygen atoms in total. The van der Waals surface area contributed by atoms with Gasteiger partial charge in [-0.15, -0.1) is 0 Å². The fourth-order valence-corrected chi connectivity index (χ4v) is 2.74. The zero-order chi connectivity index (χ0) is 18.0. The third kappa shape index (κ3) is 3.47. The van der Waals surface area contributed by atoms with Gasteiger partial charge in [0.1, 0.15) is 17.5 Å². The van der Waals surface area contributed by atoms with E-state index in [1.165, 1.54) is 10.9 Å². The molecule has 130 valence electrons. The Balaban J connectivity index is 1.65. The highest BCUT2D eigenvalue weighted by Gasteiger charge is 2.14. The fourth-order valence-electron chi connectivity index (χ4n) is 2.74. The van der Waals surface area contributed by atoms with Crippen molar-refractivity contribution in [3.05, 3.63) is 63.4 Å². The molecule has 1 aromatic carbocycles. The number of fused-ring (bicyclic) bond motifs is 1. The van der Waals surface area contributed by atoms with Crippen LogP contribution >= 0.6 is 0 Å². The van der Waals surface area contributed by atoms with Gasteiger partial charge in [-0.2, -0.15) is 0 Å². The summed E-state index contributed by atoms with van der Waals surface area (Å²) in [5, 5.41) is 3.38. The second-order valence-corrected chi connectivity index (χ2v) is 6.16. The minimum absolute atomic E-state index is 0.102. The summed E-state index contributed by atoms with van der Waals surface area (Å²) in [7, 11) is 0. The zero-order valence-corrected chi connectivity index (χ0v) is 14.6. The first-order valence-electron chi connectivity index (χ1n) is 8.23. The summed E-state index contributed by atoms with van der Waals surface area (Å²) >= 11 is 0. The molecule has 0 spiro atoms. The number of benzene rings is 1. The Labute approximate surface area is 145 Å². The number of hydrogen-bond acceptors (Lipinski definition) is 4. The number of hydrogen-bond donors (Lipinski definition) is 1. The summed E-state index contributed by atoms with van der Waals surface area (Å²) in [6, 6.07) is 7.92. The van der Waals surface area contributed by atoms with Gasteiger partial charge >= 0.3 is 0 Å². The molecule has 1 amide bonds. The normalized spacial score (nSPS) is 11.0. The average Bonchev–Trinajstić information content (AvgIpc) is 2.88. The first-order valence-corrected chi connectivity index (χ1v) is 8.23. The molecule has 0 fully saturated rings. The molecule has 0 atom stereocenters. The van der Waals surface area contributed by atoms with E-state index in [9.17, 15) is 9.59 Å². The van der Waals surface area contributed by atoms with Crippen molar-refractivity contribution >= 4 is 17.0 Å². The Morgan fingerprint density at radius 1 is 1.24 bits per heavy atom. The highest BCUT2D eigenvalue weighted by molar-refractivity contribution is 5.77. The second-order valence-electron chi connectivity index (χ2n) is 6.16. The number of aromatic nitrogens is 2. The van der Waals surface area contributed by atoms with Crippen LogP contribution in [0.25, 0.3) is 11.1 Å². The molecule has 0 aliphatic rings. The van der Waals surface area contributed by atoms with E-state index in [2.05, 4.69) is 10.3 Å². The van der Waals surface area contributed by atoms with Crippen LogP contribution in [-0.4, -0.2) is 15.5 Å². The summed E-state index contributed by atoms with van der Waals surface area (Å²) in [6.45, 7) is 6.42. The van der Waals surface area contributed by atoms with Crippen LogP contribution in [0.3, 0.4) is 0 Å². The predicted octanol–water partition coefficient (Wildman–Crippen LogP) is 2.62. The van der Waals surface area contributed by atoms with Gasteiger partial charge in [0.25, 0.3) is 5.56 Å². The van der Waals surface area contributed by atoms with Crippen molar-refractivity contribution in [3.8, 4) is 0 Å².